The first kappa shape index (κ1) is 14.6. The highest BCUT2D eigenvalue weighted by molar-refractivity contribution is 6.32. The van der Waals surface area contributed by atoms with Crippen LogP contribution in [0.5, 0.6) is 5.75 Å². The molecule has 0 atom stereocenters. The third kappa shape index (κ3) is 3.00. The van der Waals surface area contributed by atoms with E-state index in [1.54, 1.807) is 0 Å². The summed E-state index contributed by atoms with van der Waals surface area (Å²) in [5, 5.41) is 0.239. The van der Waals surface area contributed by atoms with Crippen molar-refractivity contribution in [1.29, 1.82) is 0 Å². The predicted octanol–water partition coefficient (Wildman–Crippen LogP) is 4.37. The maximum absolute atomic E-state index is 13.9. The summed E-state index contributed by atoms with van der Waals surface area (Å²) in [6, 6.07) is 2.44. The van der Waals surface area contributed by atoms with Crippen LogP contribution in [0.3, 0.4) is 0 Å². The van der Waals surface area contributed by atoms with Crippen LogP contribution in [0.15, 0.2) is 12.1 Å². The monoisotopic (exact) mass is 312 g/mol. The SMILES string of the molecule is COC(=O)c1cc(Cl)c(OC2CCC3(CC2)CC3)cc1F. The van der Waals surface area contributed by atoms with Crippen molar-refractivity contribution in [3.8, 4) is 5.75 Å². The number of carbonyl (C=O) groups is 1. The van der Waals surface area contributed by atoms with Gasteiger partial charge in [0, 0.05) is 6.07 Å². The van der Waals surface area contributed by atoms with E-state index in [4.69, 9.17) is 16.3 Å². The van der Waals surface area contributed by atoms with E-state index < -0.39 is 11.8 Å². The molecular weight excluding hydrogens is 295 g/mol. The minimum Gasteiger partial charge on any atom is -0.489 e. The van der Waals surface area contributed by atoms with Gasteiger partial charge in [-0.05, 0) is 50.0 Å². The van der Waals surface area contributed by atoms with Gasteiger partial charge in [-0.15, -0.1) is 0 Å². The Balaban J connectivity index is 1.70. The van der Waals surface area contributed by atoms with Gasteiger partial charge in [0.15, 0.2) is 0 Å². The Morgan fingerprint density at radius 2 is 1.95 bits per heavy atom. The average Bonchev–Trinajstić information content (AvgIpc) is 3.24. The first-order chi connectivity index (χ1) is 10.0. The largest absolute Gasteiger partial charge is 0.489 e. The van der Waals surface area contributed by atoms with Crippen LogP contribution in [-0.2, 0) is 4.74 Å². The van der Waals surface area contributed by atoms with Gasteiger partial charge < -0.3 is 9.47 Å². The number of hydrogen-bond donors (Lipinski definition) is 0. The van der Waals surface area contributed by atoms with E-state index in [9.17, 15) is 9.18 Å². The van der Waals surface area contributed by atoms with Gasteiger partial charge in [0.2, 0.25) is 0 Å². The standard InChI is InChI=1S/C16H18ClFO3/c1-20-15(19)11-8-12(17)14(9-13(11)18)21-10-2-4-16(5-3-10)6-7-16/h8-10H,2-7H2,1H3. The van der Waals surface area contributed by atoms with Crippen LogP contribution in [0.25, 0.3) is 0 Å². The zero-order valence-electron chi connectivity index (χ0n) is 12.0. The van der Waals surface area contributed by atoms with Gasteiger partial charge in [-0.25, -0.2) is 9.18 Å². The molecule has 3 nitrogen and oxygen atoms in total. The smallest absolute Gasteiger partial charge is 0.340 e. The van der Waals surface area contributed by atoms with Crippen molar-refractivity contribution in [1.82, 2.24) is 0 Å². The molecule has 5 heteroatoms. The fraction of sp³-hybridized carbons (Fsp3) is 0.562. The molecule has 0 heterocycles. The lowest BCUT2D eigenvalue weighted by Gasteiger charge is -2.29. The minimum absolute atomic E-state index is 0.0806. The van der Waals surface area contributed by atoms with Crippen LogP contribution >= 0.6 is 11.6 Å². The molecule has 0 unspecified atom stereocenters. The van der Waals surface area contributed by atoms with Crippen molar-refractivity contribution in [2.75, 3.05) is 7.11 Å². The highest BCUT2D eigenvalue weighted by atomic mass is 35.5. The number of esters is 1. The van der Waals surface area contributed by atoms with E-state index in [1.807, 2.05) is 0 Å². The summed E-state index contributed by atoms with van der Waals surface area (Å²) >= 11 is 6.09. The van der Waals surface area contributed by atoms with E-state index in [0.29, 0.717) is 11.2 Å². The van der Waals surface area contributed by atoms with Crippen LogP contribution in [0.1, 0.15) is 48.9 Å². The van der Waals surface area contributed by atoms with Gasteiger partial charge in [0.1, 0.15) is 11.6 Å². The lowest BCUT2D eigenvalue weighted by Crippen LogP contribution is -2.25. The molecule has 3 rings (SSSR count). The zero-order valence-corrected chi connectivity index (χ0v) is 12.7. The van der Waals surface area contributed by atoms with Crippen LogP contribution in [0.2, 0.25) is 5.02 Å². The molecule has 2 aliphatic carbocycles. The van der Waals surface area contributed by atoms with Gasteiger partial charge in [0.05, 0.1) is 23.8 Å². The lowest BCUT2D eigenvalue weighted by molar-refractivity contribution is 0.0595. The fourth-order valence-electron chi connectivity index (χ4n) is 3.06. The first-order valence-corrected chi connectivity index (χ1v) is 7.65. The van der Waals surface area contributed by atoms with E-state index in [1.165, 1.54) is 44.9 Å². The number of carbonyl (C=O) groups excluding carboxylic acids is 1. The van der Waals surface area contributed by atoms with Crippen LogP contribution < -0.4 is 4.74 Å². The Morgan fingerprint density at radius 1 is 1.29 bits per heavy atom. The van der Waals surface area contributed by atoms with Crippen LogP contribution in [0.4, 0.5) is 4.39 Å². The molecule has 0 aromatic heterocycles. The van der Waals surface area contributed by atoms with Crippen molar-refractivity contribution in [3.05, 3.63) is 28.5 Å². The molecule has 114 valence electrons. The molecule has 21 heavy (non-hydrogen) atoms. The number of methoxy groups -OCH3 is 1. The maximum Gasteiger partial charge on any atom is 0.340 e. The van der Waals surface area contributed by atoms with Crippen molar-refractivity contribution in [2.45, 2.75) is 44.6 Å². The van der Waals surface area contributed by atoms with Gasteiger partial charge in [-0.3, -0.25) is 0 Å². The molecule has 0 radical (unpaired) electrons. The highest BCUT2D eigenvalue weighted by Gasteiger charge is 2.45. The predicted molar refractivity (Wildman–Crippen MR) is 77.3 cm³/mol. The second kappa shape index (κ2) is 5.48. The van der Waals surface area contributed by atoms with Crippen molar-refractivity contribution >= 4 is 17.6 Å². The normalized spacial score (nSPS) is 20.3. The molecule has 2 saturated carbocycles. The minimum atomic E-state index is -0.741. The second-order valence-corrected chi connectivity index (χ2v) is 6.48. The summed E-state index contributed by atoms with van der Waals surface area (Å²) in [6.45, 7) is 0. The molecule has 0 N–H and O–H groups in total. The molecular formula is C16H18ClFO3. The van der Waals surface area contributed by atoms with Crippen LogP contribution in [-0.4, -0.2) is 19.2 Å². The molecule has 0 amide bonds. The van der Waals surface area contributed by atoms with Gasteiger partial charge in [0.25, 0.3) is 0 Å². The molecule has 0 saturated heterocycles. The molecule has 2 fully saturated rings. The van der Waals surface area contributed by atoms with Gasteiger partial charge in [-0.2, -0.15) is 0 Å². The Kier molecular flexibility index (Phi) is 3.82. The van der Waals surface area contributed by atoms with E-state index in [-0.39, 0.29) is 16.7 Å². The number of rotatable bonds is 3. The lowest BCUT2D eigenvalue weighted by atomic mass is 9.85. The zero-order chi connectivity index (χ0) is 15.0. The topological polar surface area (TPSA) is 35.5 Å². The molecule has 1 spiro atoms. The van der Waals surface area contributed by atoms with Crippen molar-refractivity contribution < 1.29 is 18.7 Å². The molecule has 0 bridgehead atoms. The van der Waals surface area contributed by atoms with E-state index >= 15 is 0 Å². The summed E-state index contributed by atoms with van der Waals surface area (Å²) in [4.78, 5) is 11.4. The molecule has 1 aromatic rings. The Hall–Kier alpha value is -1.29. The maximum atomic E-state index is 13.9. The quantitative estimate of drug-likeness (QED) is 0.778. The van der Waals surface area contributed by atoms with E-state index in [0.717, 1.165) is 12.8 Å². The summed E-state index contributed by atoms with van der Waals surface area (Å²) in [7, 11) is 1.20. The Labute approximate surface area is 128 Å². The summed E-state index contributed by atoms with van der Waals surface area (Å²) in [6.07, 6.45) is 7.08. The highest BCUT2D eigenvalue weighted by Crippen LogP contribution is 2.56. The third-order valence-electron chi connectivity index (χ3n) is 4.67. The molecule has 1 aromatic carbocycles. The number of ether oxygens (including phenoxy) is 2. The Bertz CT molecular complexity index is 559. The van der Waals surface area contributed by atoms with Crippen molar-refractivity contribution in [2.24, 2.45) is 5.41 Å². The van der Waals surface area contributed by atoms with Crippen molar-refractivity contribution in [3.63, 3.8) is 0 Å². The third-order valence-corrected chi connectivity index (χ3v) is 4.97. The summed E-state index contributed by atoms with van der Waals surface area (Å²) < 4.78 is 24.3. The number of hydrogen-bond acceptors (Lipinski definition) is 3. The fourth-order valence-corrected chi connectivity index (χ4v) is 3.27. The van der Waals surface area contributed by atoms with Gasteiger partial charge in [-0.1, -0.05) is 11.6 Å². The average molecular weight is 313 g/mol. The second-order valence-electron chi connectivity index (χ2n) is 6.07. The van der Waals surface area contributed by atoms with Crippen LogP contribution in [0, 0.1) is 11.2 Å². The summed E-state index contributed by atoms with van der Waals surface area (Å²) in [5.74, 6) is -1.11. The molecule has 2 aliphatic rings. The molecule has 0 aliphatic heterocycles. The van der Waals surface area contributed by atoms with E-state index in [2.05, 4.69) is 4.74 Å². The summed E-state index contributed by atoms with van der Waals surface area (Å²) in [5.41, 5.74) is 0.416. The van der Waals surface area contributed by atoms with Gasteiger partial charge >= 0.3 is 5.97 Å². The number of halogens is 2. The number of benzene rings is 1. The first-order valence-electron chi connectivity index (χ1n) is 7.27. The Morgan fingerprint density at radius 3 is 2.52 bits per heavy atom.